The van der Waals surface area contributed by atoms with Gasteiger partial charge in [0.15, 0.2) is 5.76 Å². The molecule has 1 fully saturated rings. The maximum Gasteiger partial charge on any atom is 0.301 e. The number of amides is 1. The van der Waals surface area contributed by atoms with Crippen molar-refractivity contribution in [2.45, 2.75) is 25.9 Å². The Morgan fingerprint density at radius 3 is 2.88 bits per heavy atom. The van der Waals surface area contributed by atoms with Gasteiger partial charge in [-0.1, -0.05) is 18.2 Å². The first-order valence-electron chi connectivity index (χ1n) is 8.77. The summed E-state index contributed by atoms with van der Waals surface area (Å²) in [6, 6.07) is 10.8. The first-order valence-corrected chi connectivity index (χ1v) is 8.77. The van der Waals surface area contributed by atoms with Crippen LogP contribution in [0.3, 0.4) is 0 Å². The molecule has 1 amide bonds. The summed E-state index contributed by atoms with van der Waals surface area (Å²) in [6.07, 6.45) is 2.62. The van der Waals surface area contributed by atoms with Gasteiger partial charge in [0.05, 0.1) is 19.5 Å². The minimum absolute atomic E-state index is 0.193. The van der Waals surface area contributed by atoms with Gasteiger partial charge in [-0.2, -0.15) is 0 Å². The van der Waals surface area contributed by atoms with Crippen molar-refractivity contribution in [3.05, 3.63) is 53.5 Å². The van der Waals surface area contributed by atoms with Crippen molar-refractivity contribution >= 4 is 11.6 Å². The number of para-hydroxylation sites is 1. The van der Waals surface area contributed by atoms with E-state index >= 15 is 0 Å². The van der Waals surface area contributed by atoms with E-state index < -0.39 is 0 Å². The molecule has 0 aliphatic carbocycles. The fourth-order valence-electron chi connectivity index (χ4n) is 3.58. The van der Waals surface area contributed by atoms with Crippen LogP contribution in [0.2, 0.25) is 0 Å². The van der Waals surface area contributed by atoms with Crippen LogP contribution >= 0.6 is 0 Å². The minimum atomic E-state index is -0.193. The molecule has 0 spiro atoms. The molecule has 2 aromatic rings. The molecule has 4 rings (SSSR count). The van der Waals surface area contributed by atoms with E-state index in [4.69, 9.17) is 9.15 Å². The van der Waals surface area contributed by atoms with Gasteiger partial charge in [0.25, 0.3) is 0 Å². The van der Waals surface area contributed by atoms with Crippen molar-refractivity contribution in [2.75, 3.05) is 31.2 Å². The zero-order chi connectivity index (χ0) is 17.2. The smallest absolute Gasteiger partial charge is 0.301 e. The highest BCUT2D eigenvalue weighted by Gasteiger charge is 2.28. The number of rotatable bonds is 4. The zero-order valence-electron chi connectivity index (χ0n) is 14.4. The number of fused-ring (bicyclic) bond motifs is 1. The van der Waals surface area contributed by atoms with E-state index in [1.807, 2.05) is 11.1 Å². The normalized spacial score (nSPS) is 20.5. The van der Waals surface area contributed by atoms with Gasteiger partial charge in [-0.3, -0.25) is 10.2 Å². The molecule has 132 valence electrons. The highest BCUT2D eigenvalue weighted by atomic mass is 16.5. The topological polar surface area (TPSA) is 58.0 Å². The molecule has 0 bridgehead atoms. The van der Waals surface area contributed by atoms with Gasteiger partial charge in [0.1, 0.15) is 0 Å². The average molecular weight is 341 g/mol. The number of carbonyl (C=O) groups is 1. The van der Waals surface area contributed by atoms with E-state index in [1.54, 1.807) is 6.26 Å². The Morgan fingerprint density at radius 2 is 2.04 bits per heavy atom. The highest BCUT2D eigenvalue weighted by Crippen LogP contribution is 2.33. The SMILES string of the molecule is CC1Cc2ccccc2N1Cc1ccoc1C(=O)NN1CCOCC1. The molecular weight excluding hydrogens is 318 g/mol. The number of carbonyl (C=O) groups excluding carboxylic acids is 1. The van der Waals surface area contributed by atoms with Crippen LogP contribution in [0, 0.1) is 0 Å². The number of hydrazine groups is 1. The lowest BCUT2D eigenvalue weighted by Crippen LogP contribution is -2.48. The zero-order valence-corrected chi connectivity index (χ0v) is 14.4. The number of morpholine rings is 1. The molecule has 1 atom stereocenters. The molecule has 25 heavy (non-hydrogen) atoms. The predicted octanol–water partition coefficient (Wildman–Crippen LogP) is 2.21. The lowest BCUT2D eigenvalue weighted by atomic mass is 10.1. The van der Waals surface area contributed by atoms with Crippen molar-refractivity contribution in [1.82, 2.24) is 10.4 Å². The lowest BCUT2D eigenvalue weighted by molar-refractivity contribution is 0.0117. The Morgan fingerprint density at radius 1 is 1.24 bits per heavy atom. The molecule has 0 radical (unpaired) electrons. The second-order valence-corrected chi connectivity index (χ2v) is 6.63. The number of ether oxygens (including phenoxy) is 1. The number of hydrogen-bond donors (Lipinski definition) is 1. The molecule has 3 heterocycles. The summed E-state index contributed by atoms with van der Waals surface area (Å²) < 4.78 is 10.8. The molecule has 1 aromatic heterocycles. The third kappa shape index (κ3) is 3.27. The molecular formula is C19H23N3O3. The highest BCUT2D eigenvalue weighted by molar-refractivity contribution is 5.92. The fourth-order valence-corrected chi connectivity index (χ4v) is 3.58. The van der Waals surface area contributed by atoms with Gasteiger partial charge >= 0.3 is 5.91 Å². The monoisotopic (exact) mass is 341 g/mol. The maximum atomic E-state index is 12.6. The van der Waals surface area contributed by atoms with E-state index in [2.05, 4.69) is 41.5 Å². The first-order chi connectivity index (χ1) is 12.2. The Hall–Kier alpha value is -2.31. The van der Waals surface area contributed by atoms with Crippen LogP contribution in [-0.2, 0) is 17.7 Å². The van der Waals surface area contributed by atoms with Crippen LogP contribution in [0.25, 0.3) is 0 Å². The summed E-state index contributed by atoms with van der Waals surface area (Å²) in [5, 5.41) is 1.88. The van der Waals surface area contributed by atoms with E-state index in [0.29, 0.717) is 44.7 Å². The number of furan rings is 1. The second kappa shape index (κ2) is 6.90. The largest absolute Gasteiger partial charge is 0.459 e. The second-order valence-electron chi connectivity index (χ2n) is 6.63. The number of nitrogens with zero attached hydrogens (tertiary/aromatic N) is 2. The number of nitrogens with one attached hydrogen (secondary N) is 1. The van der Waals surface area contributed by atoms with Crippen LogP contribution < -0.4 is 10.3 Å². The van der Waals surface area contributed by atoms with Crippen LogP contribution in [-0.4, -0.2) is 43.3 Å². The molecule has 1 unspecified atom stereocenters. The Bertz CT molecular complexity index is 752. The predicted molar refractivity (Wildman–Crippen MR) is 94.4 cm³/mol. The van der Waals surface area contributed by atoms with Gasteiger partial charge in [-0.15, -0.1) is 0 Å². The summed E-state index contributed by atoms with van der Waals surface area (Å²) in [4.78, 5) is 14.9. The van der Waals surface area contributed by atoms with Crippen LogP contribution in [0.1, 0.15) is 28.6 Å². The summed E-state index contributed by atoms with van der Waals surface area (Å²) in [5.74, 6) is 0.199. The molecule has 1 N–H and O–H groups in total. The van der Waals surface area contributed by atoms with Crippen LogP contribution in [0.4, 0.5) is 5.69 Å². The molecule has 1 saturated heterocycles. The minimum Gasteiger partial charge on any atom is -0.459 e. The fraction of sp³-hybridized carbons (Fsp3) is 0.421. The van der Waals surface area contributed by atoms with Gasteiger partial charge < -0.3 is 14.1 Å². The molecule has 2 aliphatic heterocycles. The number of anilines is 1. The average Bonchev–Trinajstić information content (AvgIpc) is 3.21. The molecule has 0 saturated carbocycles. The van der Waals surface area contributed by atoms with Gasteiger partial charge in [-0.25, -0.2) is 5.01 Å². The summed E-state index contributed by atoms with van der Waals surface area (Å²) >= 11 is 0. The summed E-state index contributed by atoms with van der Waals surface area (Å²) in [5.41, 5.74) is 6.44. The van der Waals surface area contributed by atoms with E-state index in [-0.39, 0.29) is 5.91 Å². The number of benzene rings is 1. The van der Waals surface area contributed by atoms with Gasteiger partial charge in [0, 0.05) is 36.9 Å². The molecule has 2 aliphatic rings. The Balaban J connectivity index is 1.49. The van der Waals surface area contributed by atoms with E-state index in [1.165, 1.54) is 11.3 Å². The van der Waals surface area contributed by atoms with Gasteiger partial charge in [-0.05, 0) is 31.0 Å². The standard InChI is InChI=1S/C19H23N3O3/c1-14-12-15-4-2-3-5-17(15)22(14)13-16-6-9-25-18(16)19(23)20-21-7-10-24-11-8-21/h2-6,9,14H,7-8,10-13H2,1H3,(H,20,23). The van der Waals surface area contributed by atoms with Crippen molar-refractivity contribution < 1.29 is 13.9 Å². The third-order valence-corrected chi connectivity index (χ3v) is 4.91. The lowest BCUT2D eigenvalue weighted by Gasteiger charge is -2.27. The quantitative estimate of drug-likeness (QED) is 0.924. The maximum absolute atomic E-state index is 12.6. The molecule has 6 heteroatoms. The number of hydrogen-bond acceptors (Lipinski definition) is 5. The Kier molecular flexibility index (Phi) is 4.46. The van der Waals surface area contributed by atoms with E-state index in [9.17, 15) is 4.79 Å². The molecule has 1 aromatic carbocycles. The first kappa shape index (κ1) is 16.2. The summed E-state index contributed by atoms with van der Waals surface area (Å²) in [6.45, 7) is 5.53. The van der Waals surface area contributed by atoms with Crippen LogP contribution in [0.5, 0.6) is 0 Å². The van der Waals surface area contributed by atoms with Crippen molar-refractivity contribution in [3.63, 3.8) is 0 Å². The van der Waals surface area contributed by atoms with Crippen molar-refractivity contribution in [3.8, 4) is 0 Å². The van der Waals surface area contributed by atoms with Crippen LogP contribution in [0.15, 0.2) is 41.0 Å². The summed E-state index contributed by atoms with van der Waals surface area (Å²) in [7, 11) is 0. The van der Waals surface area contributed by atoms with E-state index in [0.717, 1.165) is 12.0 Å². The molecule has 6 nitrogen and oxygen atoms in total. The van der Waals surface area contributed by atoms with Gasteiger partial charge in [0.2, 0.25) is 0 Å². The third-order valence-electron chi connectivity index (χ3n) is 4.91. The van der Waals surface area contributed by atoms with Crippen molar-refractivity contribution in [1.29, 1.82) is 0 Å². The van der Waals surface area contributed by atoms with Crippen molar-refractivity contribution in [2.24, 2.45) is 0 Å². The Labute approximate surface area is 147 Å².